The molecular formula is C11H13BrN2O3S. The van der Waals surface area contributed by atoms with Crippen LogP contribution >= 0.6 is 15.9 Å². The fraction of sp³-hybridized carbons (Fsp3) is 0.364. The van der Waals surface area contributed by atoms with Gasteiger partial charge in [-0.1, -0.05) is 0 Å². The van der Waals surface area contributed by atoms with Crippen LogP contribution in [0.2, 0.25) is 0 Å². The lowest BCUT2D eigenvalue weighted by Crippen LogP contribution is -2.33. The van der Waals surface area contributed by atoms with Gasteiger partial charge in [0.25, 0.3) is 0 Å². The van der Waals surface area contributed by atoms with Crippen molar-refractivity contribution in [2.24, 2.45) is 5.14 Å². The standard InChI is InChI=1S/C11H13BrN2O3S/c1-6-3-8-4-9(12)11(18(13,16)17)5-10(8)14(6)7(2)15/h4-6H,3H2,1-2H3,(H2,13,16,17)/t6-/m1/s1. The SMILES string of the molecule is CC(=O)N1c2cc(S(N)(=O)=O)c(Br)cc2C[C@H]1C. The number of primary sulfonamides is 1. The minimum atomic E-state index is -3.81. The van der Waals surface area contributed by atoms with Crippen LogP contribution in [0.3, 0.4) is 0 Å². The molecular weight excluding hydrogens is 320 g/mol. The third-order valence-corrected chi connectivity index (χ3v) is 4.86. The molecule has 0 bridgehead atoms. The van der Waals surface area contributed by atoms with Gasteiger partial charge in [-0.2, -0.15) is 0 Å². The molecule has 2 N–H and O–H groups in total. The molecule has 1 atom stereocenters. The lowest BCUT2D eigenvalue weighted by molar-refractivity contribution is -0.116. The van der Waals surface area contributed by atoms with Crippen molar-refractivity contribution in [1.82, 2.24) is 0 Å². The van der Waals surface area contributed by atoms with Gasteiger partial charge < -0.3 is 4.90 Å². The Bertz CT molecular complexity index is 627. The van der Waals surface area contributed by atoms with E-state index in [2.05, 4.69) is 15.9 Å². The Morgan fingerprint density at radius 3 is 2.61 bits per heavy atom. The molecule has 1 amide bonds. The summed E-state index contributed by atoms with van der Waals surface area (Å²) >= 11 is 3.20. The number of benzene rings is 1. The molecule has 0 saturated heterocycles. The number of amides is 1. The van der Waals surface area contributed by atoms with Gasteiger partial charge in [-0.25, -0.2) is 13.6 Å². The number of sulfonamides is 1. The molecule has 2 rings (SSSR count). The molecule has 0 fully saturated rings. The topological polar surface area (TPSA) is 80.5 Å². The quantitative estimate of drug-likeness (QED) is 0.843. The molecule has 0 saturated carbocycles. The van der Waals surface area contributed by atoms with Crippen molar-refractivity contribution in [3.63, 3.8) is 0 Å². The highest BCUT2D eigenvalue weighted by molar-refractivity contribution is 9.10. The number of halogens is 1. The monoisotopic (exact) mass is 332 g/mol. The highest BCUT2D eigenvalue weighted by Crippen LogP contribution is 2.37. The minimum absolute atomic E-state index is 0.00148. The Labute approximate surface area is 114 Å². The second-order valence-corrected chi connectivity index (χ2v) is 6.78. The Morgan fingerprint density at radius 1 is 1.50 bits per heavy atom. The van der Waals surface area contributed by atoms with Gasteiger partial charge in [0.05, 0.1) is 4.90 Å². The van der Waals surface area contributed by atoms with E-state index >= 15 is 0 Å². The smallest absolute Gasteiger partial charge is 0.239 e. The molecule has 0 aliphatic carbocycles. The van der Waals surface area contributed by atoms with Crippen molar-refractivity contribution in [2.75, 3.05) is 4.90 Å². The molecule has 18 heavy (non-hydrogen) atoms. The second-order valence-electron chi connectivity index (χ2n) is 4.40. The number of carbonyl (C=O) groups is 1. The van der Waals surface area contributed by atoms with Crippen molar-refractivity contribution in [1.29, 1.82) is 0 Å². The number of carbonyl (C=O) groups excluding carboxylic acids is 1. The first-order chi connectivity index (χ1) is 8.21. The maximum atomic E-state index is 11.6. The summed E-state index contributed by atoms with van der Waals surface area (Å²) in [5.41, 5.74) is 1.57. The first-order valence-corrected chi connectivity index (χ1v) is 7.70. The summed E-state index contributed by atoms with van der Waals surface area (Å²) in [5.74, 6) is -0.107. The van der Waals surface area contributed by atoms with E-state index in [0.29, 0.717) is 16.6 Å². The molecule has 98 valence electrons. The van der Waals surface area contributed by atoms with Crippen molar-refractivity contribution in [3.8, 4) is 0 Å². The minimum Gasteiger partial charge on any atom is -0.309 e. The summed E-state index contributed by atoms with van der Waals surface area (Å²) in [6.07, 6.45) is 0.707. The van der Waals surface area contributed by atoms with Crippen LogP contribution in [0, 0.1) is 0 Å². The summed E-state index contributed by atoms with van der Waals surface area (Å²) in [5, 5.41) is 5.15. The van der Waals surface area contributed by atoms with Crippen LogP contribution in [-0.4, -0.2) is 20.4 Å². The molecule has 7 heteroatoms. The fourth-order valence-electron chi connectivity index (χ4n) is 2.32. The molecule has 1 heterocycles. The van der Waals surface area contributed by atoms with Crippen LogP contribution in [0.25, 0.3) is 0 Å². The van der Waals surface area contributed by atoms with Crippen LogP contribution in [0.5, 0.6) is 0 Å². The van der Waals surface area contributed by atoms with Crippen LogP contribution in [0.4, 0.5) is 5.69 Å². The van der Waals surface area contributed by atoms with Gasteiger partial charge in [0.1, 0.15) is 0 Å². The maximum absolute atomic E-state index is 11.6. The molecule has 1 aliphatic rings. The van der Waals surface area contributed by atoms with E-state index < -0.39 is 10.0 Å². The number of hydrogen-bond acceptors (Lipinski definition) is 3. The lowest BCUT2D eigenvalue weighted by Gasteiger charge is -2.21. The fourth-order valence-corrected chi connectivity index (χ4v) is 3.99. The number of fused-ring (bicyclic) bond motifs is 1. The predicted octanol–water partition coefficient (Wildman–Crippen LogP) is 1.39. The lowest BCUT2D eigenvalue weighted by atomic mass is 10.1. The van der Waals surface area contributed by atoms with Gasteiger partial charge in [0.2, 0.25) is 15.9 Å². The van der Waals surface area contributed by atoms with E-state index in [4.69, 9.17) is 5.14 Å². The normalized spacial score (nSPS) is 18.9. The molecule has 1 aromatic carbocycles. The van der Waals surface area contributed by atoms with Gasteiger partial charge in [-0.15, -0.1) is 0 Å². The molecule has 0 unspecified atom stereocenters. The van der Waals surface area contributed by atoms with Gasteiger partial charge in [0.15, 0.2) is 0 Å². The molecule has 0 radical (unpaired) electrons. The van der Waals surface area contributed by atoms with Crippen LogP contribution in [0.1, 0.15) is 19.4 Å². The number of rotatable bonds is 1. The van der Waals surface area contributed by atoms with E-state index in [-0.39, 0.29) is 16.8 Å². The van der Waals surface area contributed by atoms with Gasteiger partial charge in [0, 0.05) is 23.1 Å². The van der Waals surface area contributed by atoms with Crippen LogP contribution in [0.15, 0.2) is 21.5 Å². The van der Waals surface area contributed by atoms with Gasteiger partial charge >= 0.3 is 0 Å². The third kappa shape index (κ3) is 2.17. The molecule has 5 nitrogen and oxygen atoms in total. The average Bonchev–Trinajstić information content (AvgIpc) is 2.49. The predicted molar refractivity (Wildman–Crippen MR) is 71.8 cm³/mol. The second kappa shape index (κ2) is 4.32. The zero-order chi connectivity index (χ0) is 13.7. The highest BCUT2D eigenvalue weighted by atomic mass is 79.9. The van der Waals surface area contributed by atoms with Crippen LogP contribution in [-0.2, 0) is 21.2 Å². The number of anilines is 1. The Hall–Kier alpha value is -0.920. The van der Waals surface area contributed by atoms with Gasteiger partial charge in [-0.05, 0) is 47.0 Å². The summed E-state index contributed by atoms with van der Waals surface area (Å²) in [6, 6.07) is 3.20. The molecule has 0 aromatic heterocycles. The van der Waals surface area contributed by atoms with Crippen molar-refractivity contribution >= 4 is 37.5 Å². The largest absolute Gasteiger partial charge is 0.309 e. The Balaban J connectivity index is 2.66. The molecule has 1 aliphatic heterocycles. The zero-order valence-corrected chi connectivity index (χ0v) is 12.4. The van der Waals surface area contributed by atoms with Crippen LogP contribution < -0.4 is 10.0 Å². The van der Waals surface area contributed by atoms with Gasteiger partial charge in [-0.3, -0.25) is 4.79 Å². The number of hydrogen-bond donors (Lipinski definition) is 1. The van der Waals surface area contributed by atoms with E-state index in [1.54, 1.807) is 11.0 Å². The first-order valence-electron chi connectivity index (χ1n) is 5.37. The van der Waals surface area contributed by atoms with E-state index in [9.17, 15) is 13.2 Å². The number of nitrogens with two attached hydrogens (primary N) is 1. The Morgan fingerprint density at radius 2 is 2.11 bits per heavy atom. The summed E-state index contributed by atoms with van der Waals surface area (Å²) in [7, 11) is -3.81. The van der Waals surface area contributed by atoms with E-state index in [1.807, 2.05) is 6.92 Å². The summed E-state index contributed by atoms with van der Waals surface area (Å²) < 4.78 is 23.3. The van der Waals surface area contributed by atoms with Crippen molar-refractivity contribution < 1.29 is 13.2 Å². The van der Waals surface area contributed by atoms with E-state index in [1.165, 1.54) is 13.0 Å². The summed E-state index contributed by atoms with van der Waals surface area (Å²) in [6.45, 7) is 3.39. The first kappa shape index (κ1) is 13.5. The molecule has 1 aromatic rings. The van der Waals surface area contributed by atoms with Crippen molar-refractivity contribution in [2.45, 2.75) is 31.2 Å². The highest BCUT2D eigenvalue weighted by Gasteiger charge is 2.31. The van der Waals surface area contributed by atoms with E-state index in [0.717, 1.165) is 5.56 Å². The maximum Gasteiger partial charge on any atom is 0.239 e. The Kier molecular flexibility index (Phi) is 3.25. The zero-order valence-electron chi connectivity index (χ0n) is 9.97. The number of nitrogens with zero attached hydrogens (tertiary/aromatic N) is 1. The average molecular weight is 333 g/mol. The third-order valence-electron chi connectivity index (χ3n) is 2.99. The summed E-state index contributed by atoms with van der Waals surface area (Å²) in [4.78, 5) is 13.2. The molecule has 0 spiro atoms. The van der Waals surface area contributed by atoms with Crippen molar-refractivity contribution in [3.05, 3.63) is 22.2 Å².